The molecule has 0 amide bonds. The van der Waals surface area contributed by atoms with Gasteiger partial charge in [0.2, 0.25) is 0 Å². The van der Waals surface area contributed by atoms with Crippen molar-refractivity contribution in [2.45, 2.75) is 12.8 Å². The van der Waals surface area contributed by atoms with Crippen molar-refractivity contribution in [2.24, 2.45) is 7.05 Å². The quantitative estimate of drug-likeness (QED) is 0.332. The summed E-state index contributed by atoms with van der Waals surface area (Å²) in [6, 6.07) is 6.97. The van der Waals surface area contributed by atoms with Gasteiger partial charge < -0.3 is 15.4 Å². The number of nitrogens with zero attached hydrogens (tertiary/aromatic N) is 3. The van der Waals surface area contributed by atoms with Crippen LogP contribution in [0.4, 0.5) is 14.6 Å². The number of allylic oxidation sites excluding steroid dienone is 2. The second-order valence-electron chi connectivity index (χ2n) is 7.55. The Morgan fingerprint density at radius 2 is 2.18 bits per heavy atom. The number of aryl methyl sites for hydroxylation is 1. The van der Waals surface area contributed by atoms with Crippen molar-refractivity contribution in [3.8, 4) is 11.3 Å². The normalized spacial score (nSPS) is 16.9. The van der Waals surface area contributed by atoms with E-state index in [-0.39, 0.29) is 11.5 Å². The van der Waals surface area contributed by atoms with Gasteiger partial charge in [0, 0.05) is 60.6 Å². The van der Waals surface area contributed by atoms with Crippen molar-refractivity contribution in [1.82, 2.24) is 20.1 Å². The predicted octanol–water partition coefficient (Wildman–Crippen LogP) is 5.14. The van der Waals surface area contributed by atoms with E-state index in [1.54, 1.807) is 10.7 Å². The average molecular weight is 467 g/mol. The molecular formula is C24H24F2N6S. The molecule has 0 aliphatic carbocycles. The van der Waals surface area contributed by atoms with Crippen molar-refractivity contribution in [3.05, 3.63) is 83.3 Å². The van der Waals surface area contributed by atoms with Crippen LogP contribution in [-0.4, -0.2) is 33.3 Å². The standard InChI is InChI=1S/C24H24F2N6S/c1-3-33-31-24-9-16(8-23(30-24)19-6-5-18(25)10-21(19)26)20(11-27)22-7-4-15(12-28-22)17-13-29-32(2)14-17/h4-11,13-15,27-28H,3,12H2,1-2H3,(H,30,31)/b22-20+,27-11?. The van der Waals surface area contributed by atoms with E-state index in [1.165, 1.54) is 30.3 Å². The second kappa shape index (κ2) is 9.99. The fourth-order valence-electron chi connectivity index (χ4n) is 3.64. The summed E-state index contributed by atoms with van der Waals surface area (Å²) in [4.78, 5) is 4.51. The molecule has 2 aromatic heterocycles. The summed E-state index contributed by atoms with van der Waals surface area (Å²) in [5.41, 5.74) is 3.79. The minimum atomic E-state index is -0.687. The maximum atomic E-state index is 14.5. The zero-order valence-corrected chi connectivity index (χ0v) is 19.1. The van der Waals surface area contributed by atoms with E-state index in [1.807, 2.05) is 38.5 Å². The van der Waals surface area contributed by atoms with Crippen LogP contribution in [0.2, 0.25) is 0 Å². The van der Waals surface area contributed by atoms with Gasteiger partial charge in [-0.25, -0.2) is 13.8 Å². The lowest BCUT2D eigenvalue weighted by Gasteiger charge is -2.22. The zero-order valence-electron chi connectivity index (χ0n) is 18.3. The molecule has 0 saturated carbocycles. The molecule has 1 aromatic carbocycles. The predicted molar refractivity (Wildman–Crippen MR) is 130 cm³/mol. The lowest BCUT2D eigenvalue weighted by atomic mass is 9.95. The summed E-state index contributed by atoms with van der Waals surface area (Å²) in [7, 11) is 1.88. The SMILES string of the molecule is CCSNc1cc(/C(C=N)=C2\C=CC(c3cnn(C)c3)CN2)cc(-c2ccc(F)cc2F)n1. The highest BCUT2D eigenvalue weighted by molar-refractivity contribution is 8.00. The van der Waals surface area contributed by atoms with Gasteiger partial charge in [-0.1, -0.05) is 24.9 Å². The number of hydrogen-bond donors (Lipinski definition) is 3. The van der Waals surface area contributed by atoms with E-state index in [2.05, 4.69) is 26.2 Å². The van der Waals surface area contributed by atoms with Gasteiger partial charge in [-0.15, -0.1) is 0 Å². The number of hydrogen-bond acceptors (Lipinski definition) is 6. The molecule has 1 aliphatic heterocycles. The lowest BCUT2D eigenvalue weighted by Crippen LogP contribution is -2.24. The fraction of sp³-hybridized carbons (Fsp3) is 0.208. The molecule has 3 heterocycles. The fourth-order valence-corrected chi connectivity index (χ4v) is 4.04. The summed E-state index contributed by atoms with van der Waals surface area (Å²) in [5.74, 6) is 0.187. The third-order valence-electron chi connectivity index (χ3n) is 5.26. The highest BCUT2D eigenvalue weighted by atomic mass is 32.2. The van der Waals surface area contributed by atoms with Crippen LogP contribution >= 0.6 is 11.9 Å². The molecule has 6 nitrogen and oxygen atoms in total. The molecule has 3 N–H and O–H groups in total. The number of aromatic nitrogens is 3. The largest absolute Gasteiger partial charge is 0.384 e. The smallest absolute Gasteiger partial charge is 0.137 e. The highest BCUT2D eigenvalue weighted by Gasteiger charge is 2.18. The Kier molecular flexibility index (Phi) is 6.88. The van der Waals surface area contributed by atoms with Gasteiger partial charge in [0.15, 0.2) is 0 Å². The first-order valence-electron chi connectivity index (χ1n) is 10.5. The summed E-state index contributed by atoms with van der Waals surface area (Å²) in [5, 5.41) is 15.7. The molecule has 33 heavy (non-hydrogen) atoms. The van der Waals surface area contributed by atoms with Crippen molar-refractivity contribution < 1.29 is 8.78 Å². The molecule has 1 unspecified atom stereocenters. The van der Waals surface area contributed by atoms with Crippen molar-refractivity contribution in [3.63, 3.8) is 0 Å². The average Bonchev–Trinajstić information content (AvgIpc) is 3.25. The second-order valence-corrected chi connectivity index (χ2v) is 8.62. The Bertz CT molecular complexity index is 1230. The van der Waals surface area contributed by atoms with Crippen LogP contribution < -0.4 is 10.0 Å². The summed E-state index contributed by atoms with van der Waals surface area (Å²) >= 11 is 1.46. The third-order valence-corrected chi connectivity index (χ3v) is 5.90. The van der Waals surface area contributed by atoms with Crippen LogP contribution in [0.5, 0.6) is 0 Å². The van der Waals surface area contributed by atoms with Crippen LogP contribution in [0.3, 0.4) is 0 Å². The van der Waals surface area contributed by atoms with E-state index < -0.39 is 11.6 Å². The zero-order chi connectivity index (χ0) is 23.4. The Morgan fingerprint density at radius 1 is 1.33 bits per heavy atom. The minimum Gasteiger partial charge on any atom is -0.384 e. The summed E-state index contributed by atoms with van der Waals surface area (Å²) < 4.78 is 32.9. The van der Waals surface area contributed by atoms with Gasteiger partial charge in [0.05, 0.1) is 11.9 Å². The molecule has 0 fully saturated rings. The number of pyridine rings is 1. The number of halogens is 2. The lowest BCUT2D eigenvalue weighted by molar-refractivity contribution is 0.585. The topological polar surface area (TPSA) is 78.6 Å². The van der Waals surface area contributed by atoms with Gasteiger partial charge in [-0.3, -0.25) is 4.68 Å². The molecule has 1 aliphatic rings. The van der Waals surface area contributed by atoms with Gasteiger partial charge in [-0.2, -0.15) is 5.10 Å². The van der Waals surface area contributed by atoms with E-state index in [0.29, 0.717) is 29.2 Å². The van der Waals surface area contributed by atoms with Crippen LogP contribution in [-0.2, 0) is 7.05 Å². The molecular weight excluding hydrogens is 442 g/mol. The monoisotopic (exact) mass is 466 g/mol. The number of anilines is 1. The molecule has 170 valence electrons. The molecule has 0 bridgehead atoms. The molecule has 3 aromatic rings. The van der Waals surface area contributed by atoms with Gasteiger partial charge in [0.1, 0.15) is 17.5 Å². The summed E-state index contributed by atoms with van der Waals surface area (Å²) in [6.07, 6.45) is 9.14. The number of benzene rings is 1. The maximum Gasteiger partial charge on any atom is 0.137 e. The molecule has 1 atom stereocenters. The Hall–Kier alpha value is -3.46. The molecule has 4 rings (SSSR count). The van der Waals surface area contributed by atoms with Crippen molar-refractivity contribution in [2.75, 3.05) is 17.0 Å². The van der Waals surface area contributed by atoms with Gasteiger partial charge >= 0.3 is 0 Å². The molecule has 0 spiro atoms. The van der Waals surface area contributed by atoms with E-state index in [0.717, 1.165) is 23.1 Å². The Morgan fingerprint density at radius 3 is 2.82 bits per heavy atom. The minimum absolute atomic E-state index is 0.175. The summed E-state index contributed by atoms with van der Waals surface area (Å²) in [6.45, 7) is 2.67. The van der Waals surface area contributed by atoms with Crippen LogP contribution in [0.25, 0.3) is 16.8 Å². The maximum absolute atomic E-state index is 14.5. The van der Waals surface area contributed by atoms with E-state index >= 15 is 0 Å². The third kappa shape index (κ3) is 5.14. The van der Waals surface area contributed by atoms with Crippen LogP contribution in [0, 0.1) is 17.0 Å². The first kappa shape index (κ1) is 22.7. The van der Waals surface area contributed by atoms with Crippen LogP contribution in [0.15, 0.2) is 60.6 Å². The highest BCUT2D eigenvalue weighted by Crippen LogP contribution is 2.30. The number of rotatable bonds is 7. The van der Waals surface area contributed by atoms with E-state index in [4.69, 9.17) is 5.41 Å². The Balaban J connectivity index is 1.74. The van der Waals surface area contributed by atoms with Gasteiger partial charge in [0.25, 0.3) is 0 Å². The first-order chi connectivity index (χ1) is 16.0. The van der Waals surface area contributed by atoms with Crippen molar-refractivity contribution in [1.29, 1.82) is 5.41 Å². The molecule has 9 heteroatoms. The number of nitrogens with one attached hydrogen (secondary N) is 3. The Labute approximate surface area is 195 Å². The van der Waals surface area contributed by atoms with Gasteiger partial charge in [-0.05, 0) is 41.5 Å². The van der Waals surface area contributed by atoms with E-state index in [9.17, 15) is 8.78 Å². The molecule has 0 radical (unpaired) electrons. The van der Waals surface area contributed by atoms with Crippen LogP contribution in [0.1, 0.15) is 24.0 Å². The molecule has 0 saturated heterocycles. The van der Waals surface area contributed by atoms with Crippen molar-refractivity contribution >= 4 is 29.6 Å². The first-order valence-corrected chi connectivity index (χ1v) is 11.5.